The molecule has 1 aromatic carbocycles. The zero-order valence-corrected chi connectivity index (χ0v) is 9.93. The number of piperidine rings is 1. The molecule has 4 heteroatoms. The Hall–Kier alpha value is -1.55. The molecule has 0 radical (unpaired) electrons. The summed E-state index contributed by atoms with van der Waals surface area (Å²) < 4.78 is 0. The number of hydrogen-bond donors (Lipinski definition) is 2. The van der Waals surface area contributed by atoms with Crippen molar-refractivity contribution in [2.24, 2.45) is 11.7 Å². The maximum Gasteiger partial charge on any atom is 0.220 e. The number of nitrogens with two attached hydrogens (primary N) is 2. The Morgan fingerprint density at radius 3 is 2.53 bits per heavy atom. The standard InChI is InChI=1S/C13H19N3O/c14-12-4-2-1-3-11(12)9-16-7-5-10(6-8-16)13(15)17/h1-4,10H,5-9,14H2,(H2,15,17). The van der Waals surface area contributed by atoms with Gasteiger partial charge in [0.25, 0.3) is 0 Å². The lowest BCUT2D eigenvalue weighted by Gasteiger charge is -2.30. The molecule has 1 aromatic rings. The van der Waals surface area contributed by atoms with Gasteiger partial charge < -0.3 is 11.5 Å². The van der Waals surface area contributed by atoms with E-state index in [4.69, 9.17) is 11.5 Å². The minimum Gasteiger partial charge on any atom is -0.398 e. The van der Waals surface area contributed by atoms with Crippen LogP contribution in [0.4, 0.5) is 5.69 Å². The van der Waals surface area contributed by atoms with Gasteiger partial charge in [0.05, 0.1) is 0 Å². The zero-order valence-electron chi connectivity index (χ0n) is 9.93. The van der Waals surface area contributed by atoms with Crippen LogP contribution in [0.3, 0.4) is 0 Å². The van der Waals surface area contributed by atoms with Gasteiger partial charge in [-0.1, -0.05) is 18.2 Å². The number of primary amides is 1. The molecule has 0 spiro atoms. The molecule has 0 atom stereocenters. The number of amides is 1. The first-order chi connectivity index (χ1) is 8.16. The summed E-state index contributed by atoms with van der Waals surface area (Å²) in [7, 11) is 0. The summed E-state index contributed by atoms with van der Waals surface area (Å²) in [6.45, 7) is 2.70. The fourth-order valence-electron chi connectivity index (χ4n) is 2.29. The Morgan fingerprint density at radius 2 is 1.94 bits per heavy atom. The van der Waals surface area contributed by atoms with E-state index in [1.807, 2.05) is 18.2 Å². The van der Waals surface area contributed by atoms with E-state index in [-0.39, 0.29) is 11.8 Å². The number of nitrogen functional groups attached to an aromatic ring is 1. The van der Waals surface area contributed by atoms with Gasteiger partial charge in [-0.25, -0.2) is 0 Å². The monoisotopic (exact) mass is 233 g/mol. The molecule has 1 heterocycles. The average Bonchev–Trinajstić information content (AvgIpc) is 2.33. The van der Waals surface area contributed by atoms with Gasteiger partial charge in [0.2, 0.25) is 5.91 Å². The van der Waals surface area contributed by atoms with Gasteiger partial charge in [0, 0.05) is 18.2 Å². The number of carbonyl (C=O) groups excluding carboxylic acids is 1. The largest absolute Gasteiger partial charge is 0.398 e. The van der Waals surface area contributed by atoms with Crippen molar-refractivity contribution in [3.8, 4) is 0 Å². The van der Waals surface area contributed by atoms with Crippen molar-refractivity contribution in [2.75, 3.05) is 18.8 Å². The Bertz CT molecular complexity index is 397. The van der Waals surface area contributed by atoms with Crippen molar-refractivity contribution < 1.29 is 4.79 Å². The molecule has 4 N–H and O–H groups in total. The van der Waals surface area contributed by atoms with Gasteiger partial charge in [0.1, 0.15) is 0 Å². The van der Waals surface area contributed by atoms with Crippen molar-refractivity contribution in [1.82, 2.24) is 4.90 Å². The summed E-state index contributed by atoms with van der Waals surface area (Å²) in [5.74, 6) is -0.108. The highest BCUT2D eigenvalue weighted by molar-refractivity contribution is 5.76. The van der Waals surface area contributed by atoms with Gasteiger partial charge in [-0.05, 0) is 37.6 Å². The van der Waals surface area contributed by atoms with Crippen LogP contribution in [0.25, 0.3) is 0 Å². The number of hydrogen-bond acceptors (Lipinski definition) is 3. The van der Waals surface area contributed by atoms with Crippen LogP contribution in [-0.2, 0) is 11.3 Å². The second kappa shape index (κ2) is 5.19. The number of para-hydroxylation sites is 1. The average molecular weight is 233 g/mol. The SMILES string of the molecule is NC(=O)C1CCN(Cc2ccccc2N)CC1. The molecule has 1 aliphatic rings. The van der Waals surface area contributed by atoms with Crippen LogP contribution < -0.4 is 11.5 Å². The molecule has 17 heavy (non-hydrogen) atoms. The summed E-state index contributed by atoms with van der Waals surface area (Å²) in [5.41, 5.74) is 13.2. The number of nitrogens with zero attached hydrogens (tertiary/aromatic N) is 1. The van der Waals surface area contributed by atoms with Gasteiger partial charge >= 0.3 is 0 Å². The summed E-state index contributed by atoms with van der Waals surface area (Å²) in [4.78, 5) is 13.4. The fraction of sp³-hybridized carbons (Fsp3) is 0.462. The van der Waals surface area contributed by atoms with Gasteiger partial charge in [-0.3, -0.25) is 9.69 Å². The maximum absolute atomic E-state index is 11.1. The van der Waals surface area contributed by atoms with E-state index in [1.165, 1.54) is 0 Å². The van der Waals surface area contributed by atoms with Crippen LogP contribution in [0, 0.1) is 5.92 Å². The van der Waals surface area contributed by atoms with Crippen LogP contribution in [0.5, 0.6) is 0 Å². The maximum atomic E-state index is 11.1. The van der Waals surface area contributed by atoms with E-state index in [1.54, 1.807) is 0 Å². The van der Waals surface area contributed by atoms with Gasteiger partial charge in [-0.15, -0.1) is 0 Å². The molecular weight excluding hydrogens is 214 g/mol. The van der Waals surface area contributed by atoms with Crippen LogP contribution >= 0.6 is 0 Å². The van der Waals surface area contributed by atoms with Gasteiger partial charge in [0.15, 0.2) is 0 Å². The normalized spacial score (nSPS) is 18.1. The molecule has 0 bridgehead atoms. The van der Waals surface area contributed by atoms with Crippen molar-refractivity contribution in [3.63, 3.8) is 0 Å². The molecule has 1 amide bonds. The third-order valence-corrected chi connectivity index (χ3v) is 3.44. The lowest BCUT2D eigenvalue weighted by Crippen LogP contribution is -2.38. The van der Waals surface area contributed by atoms with E-state index in [2.05, 4.69) is 11.0 Å². The Labute approximate surface area is 102 Å². The van der Waals surface area contributed by atoms with Crippen LogP contribution in [0.2, 0.25) is 0 Å². The predicted molar refractivity (Wildman–Crippen MR) is 68.0 cm³/mol. The third-order valence-electron chi connectivity index (χ3n) is 3.44. The van der Waals surface area contributed by atoms with E-state index in [0.29, 0.717) is 0 Å². The number of benzene rings is 1. The summed E-state index contributed by atoms with van der Waals surface area (Å²) in [6, 6.07) is 7.92. The zero-order chi connectivity index (χ0) is 12.3. The third kappa shape index (κ3) is 2.97. The van der Waals surface area contributed by atoms with E-state index in [0.717, 1.165) is 43.7 Å². The molecule has 92 valence electrons. The highest BCUT2D eigenvalue weighted by Crippen LogP contribution is 2.20. The summed E-state index contributed by atoms with van der Waals surface area (Å²) in [6.07, 6.45) is 1.73. The van der Waals surface area contributed by atoms with E-state index in [9.17, 15) is 4.79 Å². The van der Waals surface area contributed by atoms with Crippen molar-refractivity contribution in [1.29, 1.82) is 0 Å². The number of rotatable bonds is 3. The van der Waals surface area contributed by atoms with Crippen molar-refractivity contribution in [3.05, 3.63) is 29.8 Å². The van der Waals surface area contributed by atoms with Crippen molar-refractivity contribution >= 4 is 11.6 Å². The van der Waals surface area contributed by atoms with Crippen LogP contribution in [0.1, 0.15) is 18.4 Å². The quantitative estimate of drug-likeness (QED) is 0.764. The number of anilines is 1. The smallest absolute Gasteiger partial charge is 0.220 e. The van der Waals surface area contributed by atoms with E-state index >= 15 is 0 Å². The second-order valence-corrected chi connectivity index (χ2v) is 4.65. The molecule has 1 aliphatic heterocycles. The molecule has 1 fully saturated rings. The highest BCUT2D eigenvalue weighted by atomic mass is 16.1. The lowest BCUT2D eigenvalue weighted by atomic mass is 9.96. The first-order valence-corrected chi connectivity index (χ1v) is 6.02. The minimum absolute atomic E-state index is 0.0550. The minimum atomic E-state index is -0.163. The number of carbonyl (C=O) groups is 1. The highest BCUT2D eigenvalue weighted by Gasteiger charge is 2.23. The first-order valence-electron chi connectivity index (χ1n) is 6.02. The molecule has 0 saturated carbocycles. The summed E-state index contributed by atoms with van der Waals surface area (Å²) in [5, 5.41) is 0. The Morgan fingerprint density at radius 1 is 1.29 bits per heavy atom. The number of likely N-dealkylation sites (tertiary alicyclic amines) is 1. The van der Waals surface area contributed by atoms with Crippen LogP contribution in [-0.4, -0.2) is 23.9 Å². The molecule has 0 aliphatic carbocycles. The molecular formula is C13H19N3O. The Kier molecular flexibility index (Phi) is 3.64. The predicted octanol–water partition coefficient (Wildman–Crippen LogP) is 0.966. The Balaban J connectivity index is 1.90. The van der Waals surface area contributed by atoms with Gasteiger partial charge in [-0.2, -0.15) is 0 Å². The second-order valence-electron chi connectivity index (χ2n) is 4.65. The van der Waals surface area contributed by atoms with E-state index < -0.39 is 0 Å². The molecule has 4 nitrogen and oxygen atoms in total. The van der Waals surface area contributed by atoms with Crippen LogP contribution in [0.15, 0.2) is 24.3 Å². The molecule has 0 aromatic heterocycles. The summed E-state index contributed by atoms with van der Waals surface area (Å²) >= 11 is 0. The first kappa shape index (κ1) is 11.9. The van der Waals surface area contributed by atoms with Crippen molar-refractivity contribution in [2.45, 2.75) is 19.4 Å². The lowest BCUT2D eigenvalue weighted by molar-refractivity contribution is -0.123. The molecule has 0 unspecified atom stereocenters. The topological polar surface area (TPSA) is 72.4 Å². The fourth-order valence-corrected chi connectivity index (χ4v) is 2.29. The molecule has 2 rings (SSSR count). The molecule has 1 saturated heterocycles.